The third-order valence-electron chi connectivity index (χ3n) is 4.79. The third-order valence-corrected chi connectivity index (χ3v) is 6.13. The Balaban J connectivity index is 0. The molecule has 146 valence electrons. The van der Waals surface area contributed by atoms with E-state index in [-0.39, 0.29) is 42.4 Å². The molecule has 0 spiro atoms. The molecule has 0 aliphatic heterocycles. The van der Waals surface area contributed by atoms with Crippen LogP contribution >= 0.6 is 0 Å². The molecule has 0 bridgehead atoms. The summed E-state index contributed by atoms with van der Waals surface area (Å²) in [4.78, 5) is 0. The van der Waals surface area contributed by atoms with Gasteiger partial charge in [0.25, 0.3) is 0 Å². The minimum absolute atomic E-state index is 0. The number of hydrogen-bond acceptors (Lipinski definition) is 4. The molecule has 0 rings (SSSR count). The summed E-state index contributed by atoms with van der Waals surface area (Å²) < 4.78 is 33.0. The molecule has 0 amide bonds. The zero-order valence-electron chi connectivity index (χ0n) is 16.8. The molecule has 2 atom stereocenters. The third kappa shape index (κ3) is 18.0. The van der Waals surface area contributed by atoms with E-state index < -0.39 is 21.5 Å². The molecule has 0 aliphatic rings. The number of unbranched alkanes of at least 4 members (excludes halogenated alkanes) is 11. The smallest absolute Gasteiger partial charge is 0.748 e. The molecule has 0 saturated carbocycles. The van der Waals surface area contributed by atoms with Crippen molar-refractivity contribution in [2.45, 2.75) is 122 Å². The van der Waals surface area contributed by atoms with Crippen molar-refractivity contribution in [3.05, 3.63) is 0 Å². The maximum atomic E-state index is 11.0. The topological polar surface area (TPSA) is 77.4 Å². The van der Waals surface area contributed by atoms with Crippen molar-refractivity contribution in [2.24, 2.45) is 0 Å². The SMILES string of the molecule is CCCCCCCCCCCCCCC(O)CC(CC)S(=O)(=O)[O-].[Na+]. The minimum atomic E-state index is -4.28. The van der Waals surface area contributed by atoms with E-state index in [2.05, 4.69) is 6.92 Å². The summed E-state index contributed by atoms with van der Waals surface area (Å²) in [6.07, 6.45) is 15.5. The first kappa shape index (κ1) is 28.1. The maximum absolute atomic E-state index is 11.0. The first-order valence-corrected chi connectivity index (χ1v) is 11.5. The quantitative estimate of drug-likeness (QED) is 0.236. The first-order chi connectivity index (χ1) is 11.4. The summed E-state index contributed by atoms with van der Waals surface area (Å²) in [5.41, 5.74) is 0. The number of rotatable bonds is 17. The molecule has 0 fully saturated rings. The van der Waals surface area contributed by atoms with Gasteiger partial charge in [-0.25, -0.2) is 8.42 Å². The van der Waals surface area contributed by atoms with Crippen molar-refractivity contribution in [1.82, 2.24) is 0 Å². The number of aliphatic hydroxyl groups is 1. The molecule has 0 saturated heterocycles. The Labute approximate surface area is 178 Å². The Hall–Kier alpha value is 0.870. The predicted octanol–water partition coefficient (Wildman–Crippen LogP) is 2.16. The average Bonchev–Trinajstić information content (AvgIpc) is 2.52. The molecule has 0 aliphatic carbocycles. The van der Waals surface area contributed by atoms with Crippen LogP contribution in [0, 0.1) is 0 Å². The molecule has 0 radical (unpaired) electrons. The molecule has 0 aromatic carbocycles. The second kappa shape index (κ2) is 18.2. The van der Waals surface area contributed by atoms with Crippen LogP contribution in [-0.4, -0.2) is 29.4 Å². The fraction of sp³-hybridized carbons (Fsp3) is 1.00. The van der Waals surface area contributed by atoms with E-state index in [1.165, 1.54) is 64.2 Å². The Kier molecular flexibility index (Phi) is 20.5. The van der Waals surface area contributed by atoms with Crippen LogP contribution in [0.5, 0.6) is 0 Å². The Morgan fingerprint density at radius 3 is 1.56 bits per heavy atom. The maximum Gasteiger partial charge on any atom is 1.00 e. The molecule has 0 aromatic heterocycles. The van der Waals surface area contributed by atoms with Crippen molar-refractivity contribution in [1.29, 1.82) is 0 Å². The molecular weight excluding hydrogens is 347 g/mol. The van der Waals surface area contributed by atoms with Gasteiger partial charge in [0.2, 0.25) is 0 Å². The molecule has 1 N–H and O–H groups in total. The van der Waals surface area contributed by atoms with Crippen LogP contribution < -0.4 is 29.6 Å². The van der Waals surface area contributed by atoms with Gasteiger partial charge in [-0.1, -0.05) is 90.9 Å². The molecule has 0 heterocycles. The molecule has 2 unspecified atom stereocenters. The summed E-state index contributed by atoms with van der Waals surface area (Å²) >= 11 is 0. The Morgan fingerprint density at radius 1 is 0.800 bits per heavy atom. The van der Waals surface area contributed by atoms with Gasteiger partial charge in [0.15, 0.2) is 0 Å². The van der Waals surface area contributed by atoms with Crippen molar-refractivity contribution >= 4 is 10.1 Å². The first-order valence-electron chi connectivity index (χ1n) is 10.0. The van der Waals surface area contributed by atoms with E-state index in [1.807, 2.05) is 0 Å². The van der Waals surface area contributed by atoms with Gasteiger partial charge in [0, 0.05) is 0 Å². The zero-order chi connectivity index (χ0) is 18.3. The van der Waals surface area contributed by atoms with E-state index in [9.17, 15) is 18.1 Å². The van der Waals surface area contributed by atoms with Crippen LogP contribution in [-0.2, 0) is 10.1 Å². The van der Waals surface area contributed by atoms with Crippen LogP contribution in [0.15, 0.2) is 0 Å². The molecule has 4 nitrogen and oxygen atoms in total. The van der Waals surface area contributed by atoms with Gasteiger partial charge < -0.3 is 9.66 Å². The van der Waals surface area contributed by atoms with Gasteiger partial charge in [-0.3, -0.25) is 0 Å². The van der Waals surface area contributed by atoms with Crippen LogP contribution in [0.3, 0.4) is 0 Å². The van der Waals surface area contributed by atoms with Gasteiger partial charge >= 0.3 is 29.6 Å². The minimum Gasteiger partial charge on any atom is -0.748 e. The second-order valence-electron chi connectivity index (χ2n) is 7.09. The normalized spacial score (nSPS) is 14.1. The monoisotopic (exact) mass is 386 g/mol. The van der Waals surface area contributed by atoms with Gasteiger partial charge in [-0.2, -0.15) is 0 Å². The summed E-state index contributed by atoms with van der Waals surface area (Å²) in [5.74, 6) is 0. The zero-order valence-corrected chi connectivity index (χ0v) is 19.7. The molecule has 25 heavy (non-hydrogen) atoms. The van der Waals surface area contributed by atoms with Gasteiger partial charge in [-0.15, -0.1) is 0 Å². The number of aliphatic hydroxyl groups excluding tert-OH is 1. The Morgan fingerprint density at radius 2 is 1.20 bits per heavy atom. The van der Waals surface area contributed by atoms with Crippen molar-refractivity contribution in [3.63, 3.8) is 0 Å². The summed E-state index contributed by atoms with van der Waals surface area (Å²) in [6, 6.07) is 0. The summed E-state index contributed by atoms with van der Waals surface area (Å²) in [5, 5.41) is 8.93. The molecular formula is C19H39NaO4S. The van der Waals surface area contributed by atoms with Gasteiger partial charge in [0.1, 0.15) is 0 Å². The average molecular weight is 387 g/mol. The van der Waals surface area contributed by atoms with E-state index in [1.54, 1.807) is 6.92 Å². The van der Waals surface area contributed by atoms with Crippen molar-refractivity contribution in [2.75, 3.05) is 0 Å². The van der Waals surface area contributed by atoms with Crippen LogP contribution in [0.1, 0.15) is 110 Å². The standard InChI is InChI=1S/C19H40O4S.Na/c1-3-5-6-7-8-9-10-11-12-13-14-15-16-18(20)17-19(4-2)24(21,22)23;/h18-20H,3-17H2,1-2H3,(H,21,22,23);/q;+1/p-1. The van der Waals surface area contributed by atoms with Crippen LogP contribution in [0.2, 0.25) is 0 Å². The molecule has 6 heteroatoms. The predicted molar refractivity (Wildman–Crippen MR) is 100 cm³/mol. The van der Waals surface area contributed by atoms with Crippen LogP contribution in [0.25, 0.3) is 0 Å². The van der Waals surface area contributed by atoms with E-state index in [4.69, 9.17) is 0 Å². The van der Waals surface area contributed by atoms with E-state index in [0.29, 0.717) is 6.42 Å². The number of hydrogen-bond donors (Lipinski definition) is 1. The van der Waals surface area contributed by atoms with Crippen molar-refractivity contribution < 1.29 is 47.6 Å². The molecule has 0 aromatic rings. The summed E-state index contributed by atoms with van der Waals surface area (Å²) in [7, 11) is -4.28. The Bertz CT molecular complexity index is 374. The fourth-order valence-electron chi connectivity index (χ4n) is 3.13. The fourth-order valence-corrected chi connectivity index (χ4v) is 4.00. The largest absolute Gasteiger partial charge is 1.00 e. The van der Waals surface area contributed by atoms with Crippen molar-refractivity contribution in [3.8, 4) is 0 Å². The summed E-state index contributed by atoms with van der Waals surface area (Å²) in [6.45, 7) is 3.92. The van der Waals surface area contributed by atoms with Gasteiger partial charge in [-0.05, 0) is 19.3 Å². The van der Waals surface area contributed by atoms with Crippen LogP contribution in [0.4, 0.5) is 0 Å². The second-order valence-corrected chi connectivity index (χ2v) is 8.74. The van der Waals surface area contributed by atoms with Gasteiger partial charge in [0.05, 0.1) is 21.5 Å². The van der Waals surface area contributed by atoms with E-state index >= 15 is 0 Å². The van der Waals surface area contributed by atoms with E-state index in [0.717, 1.165) is 12.8 Å².